The van der Waals surface area contributed by atoms with E-state index in [4.69, 9.17) is 4.74 Å². The molecule has 0 aliphatic heterocycles. The SMILES string of the molecule is CNC(=O)c1cnc(Nc2ccc(C)cn2)nc1Nc1cccc(-c2ncn(C)n2)c1OC. The first-order chi connectivity index (χ1) is 16.0. The smallest absolute Gasteiger partial charge is 0.256 e. The van der Waals surface area contributed by atoms with Crippen molar-refractivity contribution in [3.63, 3.8) is 0 Å². The van der Waals surface area contributed by atoms with Crippen LogP contribution >= 0.6 is 0 Å². The largest absolute Gasteiger partial charge is 0.494 e. The normalized spacial score (nSPS) is 10.5. The van der Waals surface area contributed by atoms with Gasteiger partial charge in [0.05, 0.1) is 18.4 Å². The van der Waals surface area contributed by atoms with Gasteiger partial charge in [-0.3, -0.25) is 9.48 Å². The van der Waals surface area contributed by atoms with E-state index in [2.05, 4.69) is 41.0 Å². The molecule has 0 atom stereocenters. The molecule has 11 heteroatoms. The molecular weight excluding hydrogens is 422 g/mol. The molecule has 0 aliphatic rings. The second kappa shape index (κ2) is 9.30. The number of para-hydroxylation sites is 1. The Hall–Kier alpha value is -4.54. The summed E-state index contributed by atoms with van der Waals surface area (Å²) in [6, 6.07) is 9.26. The van der Waals surface area contributed by atoms with E-state index in [0.29, 0.717) is 34.5 Å². The van der Waals surface area contributed by atoms with Crippen LogP contribution in [0.1, 0.15) is 15.9 Å². The number of pyridine rings is 1. The lowest BCUT2D eigenvalue weighted by Crippen LogP contribution is -2.20. The fourth-order valence-corrected chi connectivity index (χ4v) is 3.12. The number of aromatic nitrogens is 6. The molecule has 0 aliphatic carbocycles. The number of benzene rings is 1. The number of carbonyl (C=O) groups excluding carboxylic acids is 1. The van der Waals surface area contributed by atoms with Gasteiger partial charge >= 0.3 is 0 Å². The van der Waals surface area contributed by atoms with Gasteiger partial charge in [-0.1, -0.05) is 12.1 Å². The van der Waals surface area contributed by atoms with Gasteiger partial charge in [-0.2, -0.15) is 10.1 Å². The number of nitrogens with zero attached hydrogens (tertiary/aromatic N) is 6. The first-order valence-corrected chi connectivity index (χ1v) is 10.1. The summed E-state index contributed by atoms with van der Waals surface area (Å²) >= 11 is 0. The van der Waals surface area contributed by atoms with Crippen LogP contribution in [0.2, 0.25) is 0 Å². The number of anilines is 4. The van der Waals surface area contributed by atoms with Crippen LogP contribution in [0.3, 0.4) is 0 Å². The number of methoxy groups -OCH3 is 1. The fourth-order valence-electron chi connectivity index (χ4n) is 3.12. The van der Waals surface area contributed by atoms with Crippen LogP contribution in [0.15, 0.2) is 49.1 Å². The molecule has 1 amide bonds. The van der Waals surface area contributed by atoms with Gasteiger partial charge in [0.25, 0.3) is 5.91 Å². The second-order valence-electron chi connectivity index (χ2n) is 7.13. The van der Waals surface area contributed by atoms with Crippen molar-refractivity contribution in [3.8, 4) is 17.1 Å². The maximum atomic E-state index is 12.5. The number of nitrogens with one attached hydrogen (secondary N) is 3. The Morgan fingerprint density at radius 3 is 2.58 bits per heavy atom. The highest BCUT2D eigenvalue weighted by atomic mass is 16.5. The van der Waals surface area contributed by atoms with E-state index in [1.165, 1.54) is 6.20 Å². The zero-order valence-corrected chi connectivity index (χ0v) is 18.6. The Morgan fingerprint density at radius 2 is 1.91 bits per heavy atom. The minimum Gasteiger partial charge on any atom is -0.494 e. The summed E-state index contributed by atoms with van der Waals surface area (Å²) in [6.45, 7) is 1.95. The van der Waals surface area contributed by atoms with Crippen molar-refractivity contribution >= 4 is 29.2 Å². The maximum absolute atomic E-state index is 12.5. The molecular formula is C22H23N9O2. The molecule has 0 fully saturated rings. The van der Waals surface area contributed by atoms with Crippen molar-refractivity contribution < 1.29 is 9.53 Å². The highest BCUT2D eigenvalue weighted by Crippen LogP contribution is 2.36. The van der Waals surface area contributed by atoms with E-state index in [1.807, 2.05) is 37.3 Å². The molecule has 3 aromatic heterocycles. The third-order valence-corrected chi connectivity index (χ3v) is 4.72. The average Bonchev–Trinajstić information content (AvgIpc) is 3.26. The zero-order valence-electron chi connectivity index (χ0n) is 18.6. The zero-order chi connectivity index (χ0) is 23.4. The van der Waals surface area contributed by atoms with Crippen molar-refractivity contribution in [3.05, 3.63) is 60.2 Å². The maximum Gasteiger partial charge on any atom is 0.256 e. The van der Waals surface area contributed by atoms with Crippen LogP contribution < -0.4 is 20.7 Å². The molecule has 33 heavy (non-hydrogen) atoms. The van der Waals surface area contributed by atoms with Crippen LogP contribution in [0.25, 0.3) is 11.4 Å². The number of amides is 1. The fraction of sp³-hybridized carbons (Fsp3) is 0.182. The second-order valence-corrected chi connectivity index (χ2v) is 7.13. The molecule has 168 valence electrons. The third-order valence-electron chi connectivity index (χ3n) is 4.72. The van der Waals surface area contributed by atoms with Gasteiger partial charge < -0.3 is 20.7 Å². The highest BCUT2D eigenvalue weighted by molar-refractivity contribution is 5.99. The Labute approximate surface area is 190 Å². The summed E-state index contributed by atoms with van der Waals surface area (Å²) in [4.78, 5) is 29.8. The number of hydrogen-bond acceptors (Lipinski definition) is 9. The molecule has 1 aromatic carbocycles. The number of hydrogen-bond donors (Lipinski definition) is 3. The van der Waals surface area contributed by atoms with Gasteiger partial charge in [-0.05, 0) is 30.7 Å². The molecule has 0 bridgehead atoms. The summed E-state index contributed by atoms with van der Waals surface area (Å²) in [6.07, 6.45) is 4.80. The van der Waals surface area contributed by atoms with E-state index >= 15 is 0 Å². The lowest BCUT2D eigenvalue weighted by Gasteiger charge is -2.16. The van der Waals surface area contributed by atoms with Crippen molar-refractivity contribution in [1.29, 1.82) is 0 Å². The van der Waals surface area contributed by atoms with E-state index in [9.17, 15) is 4.79 Å². The summed E-state index contributed by atoms with van der Waals surface area (Å²) in [5, 5.41) is 13.2. The van der Waals surface area contributed by atoms with Gasteiger partial charge in [-0.25, -0.2) is 15.0 Å². The summed E-state index contributed by atoms with van der Waals surface area (Å²) in [5.74, 6) is 1.85. The van der Waals surface area contributed by atoms with Crippen molar-refractivity contribution in [1.82, 2.24) is 35.0 Å². The minimum atomic E-state index is -0.334. The molecule has 0 saturated heterocycles. The molecule has 0 saturated carbocycles. The first-order valence-electron chi connectivity index (χ1n) is 10.1. The van der Waals surface area contributed by atoms with Crippen LogP contribution in [0.4, 0.5) is 23.3 Å². The Bertz CT molecular complexity index is 1290. The van der Waals surface area contributed by atoms with E-state index < -0.39 is 0 Å². The summed E-state index contributed by atoms with van der Waals surface area (Å²) < 4.78 is 7.27. The molecule has 3 heterocycles. The first kappa shape index (κ1) is 21.7. The van der Waals surface area contributed by atoms with Crippen LogP contribution in [-0.2, 0) is 7.05 Å². The van der Waals surface area contributed by atoms with Crippen LogP contribution in [0, 0.1) is 6.92 Å². The molecule has 4 aromatic rings. The highest BCUT2D eigenvalue weighted by Gasteiger charge is 2.19. The predicted octanol–water partition coefficient (Wildman–Crippen LogP) is 2.83. The Kier molecular flexibility index (Phi) is 6.11. The molecule has 0 spiro atoms. The molecule has 4 rings (SSSR count). The molecule has 0 radical (unpaired) electrons. The number of ether oxygens (including phenoxy) is 1. The van der Waals surface area contributed by atoms with Gasteiger partial charge in [0.2, 0.25) is 5.95 Å². The number of rotatable bonds is 7. The number of aryl methyl sites for hydroxylation is 2. The Balaban J connectivity index is 1.73. The quantitative estimate of drug-likeness (QED) is 0.393. The van der Waals surface area contributed by atoms with Crippen molar-refractivity contribution in [2.45, 2.75) is 6.92 Å². The van der Waals surface area contributed by atoms with Crippen molar-refractivity contribution in [2.75, 3.05) is 24.8 Å². The molecule has 11 nitrogen and oxygen atoms in total. The third kappa shape index (κ3) is 4.71. The molecule has 0 unspecified atom stereocenters. The lowest BCUT2D eigenvalue weighted by molar-refractivity contribution is 0.0963. The van der Waals surface area contributed by atoms with E-state index in [1.54, 1.807) is 38.4 Å². The summed E-state index contributed by atoms with van der Waals surface area (Å²) in [7, 11) is 4.89. The molecule has 3 N–H and O–H groups in total. The van der Waals surface area contributed by atoms with Crippen molar-refractivity contribution in [2.24, 2.45) is 7.05 Å². The van der Waals surface area contributed by atoms with Gasteiger partial charge in [0.15, 0.2) is 11.6 Å². The van der Waals surface area contributed by atoms with Gasteiger partial charge in [0, 0.05) is 26.5 Å². The van der Waals surface area contributed by atoms with E-state index in [-0.39, 0.29) is 17.4 Å². The average molecular weight is 445 g/mol. The van der Waals surface area contributed by atoms with Gasteiger partial charge in [-0.15, -0.1) is 0 Å². The predicted molar refractivity (Wildman–Crippen MR) is 124 cm³/mol. The van der Waals surface area contributed by atoms with Crippen LogP contribution in [-0.4, -0.2) is 49.8 Å². The Morgan fingerprint density at radius 1 is 1.06 bits per heavy atom. The summed E-state index contributed by atoms with van der Waals surface area (Å²) in [5.41, 5.74) is 2.59. The number of carbonyl (C=O) groups is 1. The standard InChI is InChI=1S/C22H23N9O2/c1-13-8-9-17(24-10-13)28-22-25-11-15(21(32)23-2)20(29-22)27-16-7-5-6-14(18(16)33-4)19-26-12-31(3)30-19/h5-12H,1-4H3,(H,23,32)(H2,24,25,27,28,29). The monoisotopic (exact) mass is 445 g/mol. The minimum absolute atomic E-state index is 0.267. The van der Waals surface area contributed by atoms with E-state index in [0.717, 1.165) is 5.56 Å². The topological polar surface area (TPSA) is 132 Å². The lowest BCUT2D eigenvalue weighted by atomic mass is 10.1. The van der Waals surface area contributed by atoms with Gasteiger partial charge in [0.1, 0.15) is 23.5 Å². The van der Waals surface area contributed by atoms with Crippen LogP contribution in [0.5, 0.6) is 5.75 Å².